The molecule has 24 heavy (non-hydrogen) atoms. The number of carbonyl (C=O) groups is 1. The van der Waals surface area contributed by atoms with Gasteiger partial charge in [-0.2, -0.15) is 0 Å². The van der Waals surface area contributed by atoms with Gasteiger partial charge in [0.2, 0.25) is 5.91 Å². The van der Waals surface area contributed by atoms with E-state index in [1.54, 1.807) is 0 Å². The SMILES string of the molecule is O=C(N[C@H]1CCN(CCc2ccccc2)C1)C1CC2CCN1CC2. The van der Waals surface area contributed by atoms with Crippen molar-refractivity contribution in [3.05, 3.63) is 35.9 Å². The molecule has 0 radical (unpaired) electrons. The van der Waals surface area contributed by atoms with Crippen LogP contribution in [-0.4, -0.2) is 60.5 Å². The zero-order valence-electron chi connectivity index (χ0n) is 14.5. The molecule has 1 unspecified atom stereocenters. The number of nitrogens with one attached hydrogen (secondary N) is 1. The lowest BCUT2D eigenvalue weighted by Gasteiger charge is -2.44. The molecule has 4 saturated heterocycles. The van der Waals surface area contributed by atoms with Gasteiger partial charge in [-0.15, -0.1) is 0 Å². The topological polar surface area (TPSA) is 35.6 Å². The van der Waals surface area contributed by atoms with Gasteiger partial charge in [0.05, 0.1) is 6.04 Å². The third-order valence-electron chi connectivity index (χ3n) is 6.13. The van der Waals surface area contributed by atoms with Crippen molar-refractivity contribution in [3.8, 4) is 0 Å². The van der Waals surface area contributed by atoms with Crippen molar-refractivity contribution in [2.45, 2.75) is 44.2 Å². The highest BCUT2D eigenvalue weighted by atomic mass is 16.2. The number of carbonyl (C=O) groups excluding carboxylic acids is 1. The second-order valence-electron chi connectivity index (χ2n) is 7.76. The standard InChI is InChI=1S/C20H29N3O/c24-20(19-14-17-7-12-23(19)13-8-17)21-18-9-11-22(15-18)10-6-16-4-2-1-3-5-16/h1-5,17-19H,6-15H2,(H,21,24)/t18-,19?/m0/s1. The van der Waals surface area contributed by atoms with Gasteiger partial charge in [-0.1, -0.05) is 30.3 Å². The Morgan fingerprint density at radius 2 is 1.88 bits per heavy atom. The Hall–Kier alpha value is -1.39. The Morgan fingerprint density at radius 3 is 2.58 bits per heavy atom. The van der Waals surface area contributed by atoms with Crippen LogP contribution in [0.1, 0.15) is 31.2 Å². The van der Waals surface area contributed by atoms with Gasteiger partial charge in [0.15, 0.2) is 0 Å². The summed E-state index contributed by atoms with van der Waals surface area (Å²) < 4.78 is 0. The molecule has 0 spiro atoms. The number of nitrogens with zero attached hydrogens (tertiary/aromatic N) is 2. The second kappa shape index (κ2) is 7.24. The highest BCUT2D eigenvalue weighted by molar-refractivity contribution is 5.82. The summed E-state index contributed by atoms with van der Waals surface area (Å²) in [4.78, 5) is 17.6. The summed E-state index contributed by atoms with van der Waals surface area (Å²) in [5.41, 5.74) is 1.40. The molecule has 4 aliphatic rings. The van der Waals surface area contributed by atoms with Crippen LogP contribution < -0.4 is 5.32 Å². The summed E-state index contributed by atoms with van der Waals surface area (Å²) in [5, 5.41) is 3.34. The van der Waals surface area contributed by atoms with Crippen molar-refractivity contribution in [1.29, 1.82) is 0 Å². The smallest absolute Gasteiger partial charge is 0.237 e. The molecule has 4 heteroatoms. The molecule has 4 fully saturated rings. The van der Waals surface area contributed by atoms with Crippen molar-refractivity contribution in [1.82, 2.24) is 15.1 Å². The second-order valence-corrected chi connectivity index (χ2v) is 7.76. The van der Waals surface area contributed by atoms with E-state index < -0.39 is 0 Å². The maximum absolute atomic E-state index is 12.7. The van der Waals surface area contributed by atoms with Crippen LogP contribution in [0.5, 0.6) is 0 Å². The van der Waals surface area contributed by atoms with E-state index in [1.807, 2.05) is 0 Å². The first-order chi connectivity index (χ1) is 11.8. The largest absolute Gasteiger partial charge is 0.351 e. The number of benzene rings is 1. The Balaban J connectivity index is 1.23. The first-order valence-electron chi connectivity index (χ1n) is 9.58. The molecule has 1 aromatic rings. The zero-order chi connectivity index (χ0) is 16.4. The van der Waals surface area contributed by atoms with E-state index in [9.17, 15) is 4.79 Å². The first-order valence-corrected chi connectivity index (χ1v) is 9.58. The van der Waals surface area contributed by atoms with E-state index in [4.69, 9.17) is 0 Å². The maximum atomic E-state index is 12.7. The molecule has 130 valence electrons. The van der Waals surface area contributed by atoms with Crippen LogP contribution in [0.25, 0.3) is 0 Å². The third kappa shape index (κ3) is 3.65. The molecule has 0 saturated carbocycles. The minimum atomic E-state index is 0.149. The molecule has 4 heterocycles. The van der Waals surface area contributed by atoms with Crippen molar-refractivity contribution in [3.63, 3.8) is 0 Å². The summed E-state index contributed by atoms with van der Waals surface area (Å²) >= 11 is 0. The first kappa shape index (κ1) is 16.1. The lowest BCUT2D eigenvalue weighted by atomic mass is 9.83. The number of rotatable bonds is 5. The minimum absolute atomic E-state index is 0.149. The molecule has 4 nitrogen and oxygen atoms in total. The van der Waals surface area contributed by atoms with Gasteiger partial charge in [-0.05, 0) is 56.7 Å². The Morgan fingerprint density at radius 1 is 1.08 bits per heavy atom. The average molecular weight is 327 g/mol. The Bertz CT molecular complexity index is 553. The quantitative estimate of drug-likeness (QED) is 0.897. The average Bonchev–Trinajstić information content (AvgIpc) is 3.09. The number of likely N-dealkylation sites (tertiary alicyclic amines) is 1. The van der Waals surface area contributed by atoms with E-state index in [1.165, 1.54) is 18.4 Å². The number of fused-ring (bicyclic) bond motifs is 3. The van der Waals surface area contributed by atoms with Crippen LogP contribution in [0.2, 0.25) is 0 Å². The fourth-order valence-corrected chi connectivity index (χ4v) is 4.62. The molecule has 0 aliphatic carbocycles. The molecule has 2 atom stereocenters. The van der Waals surface area contributed by atoms with Gasteiger partial charge in [0.1, 0.15) is 0 Å². The number of piperidine rings is 3. The maximum Gasteiger partial charge on any atom is 0.237 e. The fraction of sp³-hybridized carbons (Fsp3) is 0.650. The summed E-state index contributed by atoms with van der Waals surface area (Å²) in [6, 6.07) is 11.2. The van der Waals surface area contributed by atoms with E-state index in [-0.39, 0.29) is 11.9 Å². The minimum Gasteiger partial charge on any atom is -0.351 e. The normalized spacial score (nSPS) is 32.8. The molecule has 1 N–H and O–H groups in total. The number of hydrogen-bond acceptors (Lipinski definition) is 3. The Kier molecular flexibility index (Phi) is 4.86. The lowest BCUT2D eigenvalue weighted by molar-refractivity contribution is -0.131. The van der Waals surface area contributed by atoms with E-state index >= 15 is 0 Å². The van der Waals surface area contributed by atoms with Gasteiger partial charge < -0.3 is 10.2 Å². The van der Waals surface area contributed by atoms with E-state index in [2.05, 4.69) is 45.4 Å². The number of hydrogen-bond donors (Lipinski definition) is 1. The van der Waals surface area contributed by atoms with Crippen molar-refractivity contribution < 1.29 is 4.79 Å². The van der Waals surface area contributed by atoms with Crippen LogP contribution >= 0.6 is 0 Å². The summed E-state index contributed by atoms with van der Waals surface area (Å²) in [6.07, 6.45) is 5.85. The zero-order valence-corrected chi connectivity index (χ0v) is 14.5. The van der Waals surface area contributed by atoms with Crippen LogP contribution in [0, 0.1) is 5.92 Å². The van der Waals surface area contributed by atoms with Gasteiger partial charge >= 0.3 is 0 Å². The van der Waals surface area contributed by atoms with E-state index in [0.717, 1.165) is 57.9 Å². The van der Waals surface area contributed by atoms with Crippen molar-refractivity contribution in [2.24, 2.45) is 5.92 Å². The molecular weight excluding hydrogens is 298 g/mol. The summed E-state index contributed by atoms with van der Waals surface area (Å²) in [6.45, 7) is 5.45. The molecule has 2 bridgehead atoms. The lowest BCUT2D eigenvalue weighted by Crippen LogP contribution is -2.56. The highest BCUT2D eigenvalue weighted by Crippen LogP contribution is 2.31. The summed E-state index contributed by atoms with van der Waals surface area (Å²) in [5.74, 6) is 1.08. The van der Waals surface area contributed by atoms with Crippen molar-refractivity contribution >= 4 is 5.91 Å². The predicted octanol–water partition coefficient (Wildman–Crippen LogP) is 1.90. The molecule has 1 aromatic carbocycles. The van der Waals surface area contributed by atoms with Gasteiger partial charge in [0, 0.05) is 25.7 Å². The number of amides is 1. The van der Waals surface area contributed by atoms with Crippen LogP contribution in [0.15, 0.2) is 30.3 Å². The van der Waals surface area contributed by atoms with E-state index in [0.29, 0.717) is 6.04 Å². The van der Waals surface area contributed by atoms with Crippen LogP contribution in [-0.2, 0) is 11.2 Å². The van der Waals surface area contributed by atoms with Gasteiger partial charge in [-0.25, -0.2) is 0 Å². The third-order valence-corrected chi connectivity index (χ3v) is 6.13. The Labute approximate surface area is 145 Å². The molecular formula is C20H29N3O. The molecule has 5 rings (SSSR count). The fourth-order valence-electron chi connectivity index (χ4n) is 4.62. The summed E-state index contributed by atoms with van der Waals surface area (Å²) in [7, 11) is 0. The monoisotopic (exact) mass is 327 g/mol. The molecule has 4 aliphatic heterocycles. The van der Waals surface area contributed by atoms with Gasteiger partial charge in [-0.3, -0.25) is 9.69 Å². The molecule has 0 aromatic heterocycles. The highest BCUT2D eigenvalue weighted by Gasteiger charge is 2.38. The van der Waals surface area contributed by atoms with Crippen molar-refractivity contribution in [2.75, 3.05) is 32.7 Å². The predicted molar refractivity (Wildman–Crippen MR) is 95.8 cm³/mol. The van der Waals surface area contributed by atoms with Crippen LogP contribution in [0.4, 0.5) is 0 Å². The molecule has 1 amide bonds. The van der Waals surface area contributed by atoms with Gasteiger partial charge in [0.25, 0.3) is 0 Å². The van der Waals surface area contributed by atoms with Crippen LogP contribution in [0.3, 0.4) is 0 Å².